The molecule has 45 heavy (non-hydrogen) atoms. The van der Waals surface area contributed by atoms with Gasteiger partial charge in [0.15, 0.2) is 0 Å². The lowest BCUT2D eigenvalue weighted by Gasteiger charge is -2.45. The van der Waals surface area contributed by atoms with E-state index in [1.165, 1.54) is 18.6 Å². The van der Waals surface area contributed by atoms with E-state index in [0.717, 1.165) is 11.3 Å². The summed E-state index contributed by atoms with van der Waals surface area (Å²) in [4.78, 5) is 65.6. The number of aromatic nitrogens is 2. The molecule has 2 amide bonds. The SMILES string of the molecule is CC(C)C[C@H](NC(=O)[C@H](Cc1ccccc1)NC(=O)c1cnccn1)B1OC(=O)[C@H]2CN(c3ccccc3)C[C@@H](C(=O)O1)N2C. The number of hydrogen-bond donors (Lipinski definition) is 2. The molecule has 5 rings (SSSR count). The number of likely N-dealkylation sites (N-methyl/N-ethyl adjacent to an activating group) is 1. The van der Waals surface area contributed by atoms with Crippen molar-refractivity contribution in [1.82, 2.24) is 25.5 Å². The number of rotatable bonds is 10. The number of amides is 2. The highest BCUT2D eigenvalue weighted by Crippen LogP contribution is 2.26. The Balaban J connectivity index is 1.36. The Bertz CT molecular complexity index is 1450. The lowest BCUT2D eigenvalue weighted by Crippen LogP contribution is -2.67. The second-order valence-electron chi connectivity index (χ2n) is 11.7. The van der Waals surface area contributed by atoms with Gasteiger partial charge in [-0.3, -0.25) is 29.1 Å². The standard InChI is InChI=1S/C32H37BN6O6/c1-21(2)16-28(37-29(40)24(17-22-10-6-4-7-11-22)36-30(41)25-18-34-14-15-35-25)33-44-31(42)26-19-39(23-12-8-5-9-13-23)20-27(38(26)3)32(43)45-33/h4-15,18,21,24,26-28H,16-17,19-20H2,1-3H3,(H,36,41)(H,37,40)/t24-,26-,27+,28-/m0/s1. The van der Waals surface area contributed by atoms with Crippen LogP contribution in [0.2, 0.25) is 0 Å². The molecule has 2 aliphatic rings. The quantitative estimate of drug-likeness (QED) is 0.325. The average molecular weight is 612 g/mol. The van der Waals surface area contributed by atoms with E-state index in [1.807, 2.05) is 79.4 Å². The molecule has 3 heterocycles. The molecule has 0 radical (unpaired) electrons. The van der Waals surface area contributed by atoms with Crippen molar-refractivity contribution < 1.29 is 28.5 Å². The maximum atomic E-state index is 13.9. The van der Waals surface area contributed by atoms with Crippen LogP contribution in [0.3, 0.4) is 0 Å². The summed E-state index contributed by atoms with van der Waals surface area (Å²) in [6, 6.07) is 16.3. The molecule has 234 valence electrons. The average Bonchev–Trinajstić information content (AvgIpc) is 3.04. The van der Waals surface area contributed by atoms with Gasteiger partial charge in [0.05, 0.1) is 12.1 Å². The maximum absolute atomic E-state index is 13.9. The van der Waals surface area contributed by atoms with Gasteiger partial charge in [-0.15, -0.1) is 0 Å². The van der Waals surface area contributed by atoms with E-state index in [-0.39, 0.29) is 18.0 Å². The summed E-state index contributed by atoms with van der Waals surface area (Å²) in [5, 5.41) is 5.69. The molecule has 2 saturated heterocycles. The number of anilines is 1. The van der Waals surface area contributed by atoms with Gasteiger partial charge in [0, 0.05) is 37.6 Å². The monoisotopic (exact) mass is 612 g/mol. The van der Waals surface area contributed by atoms with E-state index in [0.29, 0.717) is 19.5 Å². The fourth-order valence-electron chi connectivity index (χ4n) is 5.61. The Kier molecular flexibility index (Phi) is 10.1. The first-order chi connectivity index (χ1) is 21.7. The highest BCUT2D eigenvalue weighted by molar-refractivity contribution is 6.51. The second-order valence-corrected chi connectivity index (χ2v) is 11.7. The Morgan fingerprint density at radius 1 is 0.933 bits per heavy atom. The van der Waals surface area contributed by atoms with Gasteiger partial charge in [0.1, 0.15) is 23.8 Å². The summed E-state index contributed by atoms with van der Waals surface area (Å²) in [7, 11) is 0.355. The van der Waals surface area contributed by atoms with Gasteiger partial charge >= 0.3 is 19.1 Å². The summed E-state index contributed by atoms with van der Waals surface area (Å²) in [6.45, 7) is 4.54. The zero-order chi connectivity index (χ0) is 31.9. The first-order valence-electron chi connectivity index (χ1n) is 15.0. The van der Waals surface area contributed by atoms with Gasteiger partial charge < -0.3 is 24.8 Å². The van der Waals surface area contributed by atoms with E-state index in [2.05, 4.69) is 20.6 Å². The van der Waals surface area contributed by atoms with Crippen molar-refractivity contribution in [3.63, 3.8) is 0 Å². The van der Waals surface area contributed by atoms with Gasteiger partial charge in [-0.2, -0.15) is 0 Å². The number of nitrogens with zero attached hydrogens (tertiary/aromatic N) is 4. The number of piperazine rings is 1. The van der Waals surface area contributed by atoms with Crippen molar-refractivity contribution in [2.75, 3.05) is 25.0 Å². The minimum atomic E-state index is -1.36. The van der Waals surface area contributed by atoms with Crippen LogP contribution in [0.5, 0.6) is 0 Å². The van der Waals surface area contributed by atoms with Crippen LogP contribution < -0.4 is 15.5 Å². The summed E-state index contributed by atoms with van der Waals surface area (Å²) in [6.07, 6.45) is 4.68. The Hall–Kier alpha value is -4.78. The third-order valence-electron chi connectivity index (χ3n) is 7.98. The van der Waals surface area contributed by atoms with Gasteiger partial charge in [0.2, 0.25) is 5.91 Å². The van der Waals surface area contributed by atoms with Gasteiger partial charge in [-0.25, -0.2) is 4.98 Å². The molecule has 2 bridgehead atoms. The van der Waals surface area contributed by atoms with Gasteiger partial charge in [-0.1, -0.05) is 62.4 Å². The minimum Gasteiger partial charge on any atom is -0.497 e. The molecule has 2 aliphatic heterocycles. The number of carbonyl (C=O) groups excluding carboxylic acids is 4. The van der Waals surface area contributed by atoms with Crippen molar-refractivity contribution in [3.8, 4) is 0 Å². The van der Waals surface area contributed by atoms with Crippen molar-refractivity contribution >= 4 is 36.6 Å². The van der Waals surface area contributed by atoms with E-state index < -0.39 is 54.9 Å². The van der Waals surface area contributed by atoms with Gasteiger partial charge in [0.25, 0.3) is 5.91 Å². The molecule has 2 N–H and O–H groups in total. The fourth-order valence-corrected chi connectivity index (χ4v) is 5.61. The van der Waals surface area contributed by atoms with Crippen molar-refractivity contribution in [1.29, 1.82) is 0 Å². The molecule has 2 aromatic carbocycles. The molecule has 0 saturated carbocycles. The molecule has 13 heteroatoms. The summed E-state index contributed by atoms with van der Waals surface area (Å²) >= 11 is 0. The normalized spacial score (nSPS) is 19.9. The van der Waals surface area contributed by atoms with Crippen molar-refractivity contribution in [2.24, 2.45) is 5.92 Å². The van der Waals surface area contributed by atoms with Crippen molar-refractivity contribution in [2.45, 2.75) is 50.8 Å². The summed E-state index contributed by atoms with van der Waals surface area (Å²) < 4.78 is 11.7. The number of para-hydroxylation sites is 1. The fraction of sp³-hybridized carbons (Fsp3) is 0.375. The lowest BCUT2D eigenvalue weighted by molar-refractivity contribution is -0.155. The van der Waals surface area contributed by atoms with E-state index in [1.54, 1.807) is 11.9 Å². The smallest absolute Gasteiger partial charge is 0.497 e. The van der Waals surface area contributed by atoms with Crippen LogP contribution in [0.25, 0.3) is 0 Å². The second kappa shape index (κ2) is 14.3. The van der Waals surface area contributed by atoms with Crippen LogP contribution in [0.4, 0.5) is 5.69 Å². The molecule has 0 spiro atoms. The first-order valence-corrected chi connectivity index (χ1v) is 15.0. The zero-order valence-electron chi connectivity index (χ0n) is 25.5. The molecule has 2 fully saturated rings. The molecule has 0 aliphatic carbocycles. The molecule has 12 nitrogen and oxygen atoms in total. The van der Waals surface area contributed by atoms with E-state index >= 15 is 0 Å². The zero-order valence-corrected chi connectivity index (χ0v) is 25.5. The van der Waals surface area contributed by atoms with Crippen LogP contribution in [0.15, 0.2) is 79.3 Å². The predicted octanol–water partition coefficient (Wildman–Crippen LogP) is 1.67. The number of benzene rings is 2. The Morgan fingerprint density at radius 2 is 1.56 bits per heavy atom. The molecule has 4 atom stereocenters. The Labute approximate surface area is 262 Å². The highest BCUT2D eigenvalue weighted by Gasteiger charge is 2.50. The van der Waals surface area contributed by atoms with Gasteiger partial charge in [-0.05, 0) is 37.1 Å². The minimum absolute atomic E-state index is 0.0376. The van der Waals surface area contributed by atoms with Crippen LogP contribution in [-0.2, 0) is 30.1 Å². The largest absolute Gasteiger partial charge is 0.622 e. The molecular weight excluding hydrogens is 575 g/mol. The van der Waals surface area contributed by atoms with Crippen LogP contribution in [0, 0.1) is 5.92 Å². The first kappa shape index (κ1) is 31.6. The number of carbonyl (C=O) groups is 4. The third-order valence-corrected chi connectivity index (χ3v) is 7.98. The number of fused-ring (bicyclic) bond motifs is 2. The van der Waals surface area contributed by atoms with Crippen LogP contribution >= 0.6 is 0 Å². The maximum Gasteiger partial charge on any atom is 0.622 e. The van der Waals surface area contributed by atoms with Crippen LogP contribution in [-0.4, -0.2) is 89.9 Å². The van der Waals surface area contributed by atoms with Crippen LogP contribution in [0.1, 0.15) is 36.3 Å². The van der Waals surface area contributed by atoms with E-state index in [9.17, 15) is 19.2 Å². The van der Waals surface area contributed by atoms with E-state index in [4.69, 9.17) is 9.31 Å². The van der Waals surface area contributed by atoms with Crippen molar-refractivity contribution in [3.05, 3.63) is 90.5 Å². The summed E-state index contributed by atoms with van der Waals surface area (Å²) in [5.74, 6) is -3.03. The lowest BCUT2D eigenvalue weighted by atomic mass is 9.73. The Morgan fingerprint density at radius 3 is 2.13 bits per heavy atom. The molecular formula is C32H37BN6O6. The number of nitrogens with one attached hydrogen (secondary N) is 2. The third kappa shape index (κ3) is 7.85. The predicted molar refractivity (Wildman–Crippen MR) is 167 cm³/mol. The number of hydrogen-bond acceptors (Lipinski definition) is 10. The highest BCUT2D eigenvalue weighted by atomic mass is 16.6. The summed E-state index contributed by atoms with van der Waals surface area (Å²) in [5.41, 5.74) is 1.77. The molecule has 3 aromatic rings. The topological polar surface area (TPSA) is 143 Å². The molecule has 0 unspecified atom stereocenters. The molecule has 1 aromatic heterocycles.